The van der Waals surface area contributed by atoms with E-state index in [2.05, 4.69) is 28.2 Å². The molecule has 2 rings (SSSR count). The predicted molar refractivity (Wildman–Crippen MR) is 68.9 cm³/mol. The minimum absolute atomic E-state index is 0.0222. The SMILES string of the molecule is CCCn1cc(Br)cc1C(=O)NC1(CO)CC1. The molecule has 5 heteroatoms. The van der Waals surface area contributed by atoms with Crippen LogP contribution in [0.2, 0.25) is 0 Å². The molecule has 1 saturated carbocycles. The maximum Gasteiger partial charge on any atom is 0.268 e. The highest BCUT2D eigenvalue weighted by Gasteiger charge is 2.43. The van der Waals surface area contributed by atoms with Crippen molar-refractivity contribution in [2.75, 3.05) is 6.61 Å². The number of carbonyl (C=O) groups excluding carboxylic acids is 1. The second kappa shape index (κ2) is 4.82. The van der Waals surface area contributed by atoms with Gasteiger partial charge < -0.3 is 15.0 Å². The maximum atomic E-state index is 12.1. The standard InChI is InChI=1S/C12H17BrN2O2/c1-2-5-15-7-9(13)6-10(15)11(17)14-12(8-16)3-4-12/h6-7,16H,2-5,8H2,1H3,(H,14,17). The van der Waals surface area contributed by atoms with Crippen molar-refractivity contribution in [1.82, 2.24) is 9.88 Å². The van der Waals surface area contributed by atoms with Crippen LogP contribution in [0.15, 0.2) is 16.7 Å². The molecule has 0 bridgehead atoms. The number of hydrogen-bond donors (Lipinski definition) is 2. The third-order valence-electron chi connectivity index (χ3n) is 3.10. The molecule has 1 heterocycles. The zero-order valence-corrected chi connectivity index (χ0v) is 11.5. The molecule has 2 N–H and O–H groups in total. The average molecular weight is 301 g/mol. The van der Waals surface area contributed by atoms with Crippen LogP contribution in [0.25, 0.3) is 0 Å². The van der Waals surface area contributed by atoms with Gasteiger partial charge in [0.1, 0.15) is 5.69 Å². The molecule has 1 aromatic heterocycles. The highest BCUT2D eigenvalue weighted by atomic mass is 79.9. The lowest BCUT2D eigenvalue weighted by atomic mass is 10.2. The summed E-state index contributed by atoms with van der Waals surface area (Å²) in [7, 11) is 0. The molecule has 1 aromatic rings. The maximum absolute atomic E-state index is 12.1. The van der Waals surface area contributed by atoms with E-state index in [9.17, 15) is 9.90 Å². The number of rotatable bonds is 5. The van der Waals surface area contributed by atoms with Gasteiger partial charge in [-0.1, -0.05) is 6.92 Å². The average Bonchev–Trinajstić information content (AvgIpc) is 2.96. The van der Waals surface area contributed by atoms with E-state index in [0.29, 0.717) is 5.69 Å². The van der Waals surface area contributed by atoms with E-state index in [0.717, 1.165) is 30.3 Å². The molecule has 0 radical (unpaired) electrons. The Balaban J connectivity index is 2.13. The lowest BCUT2D eigenvalue weighted by Gasteiger charge is -2.15. The van der Waals surface area contributed by atoms with Crippen molar-refractivity contribution in [1.29, 1.82) is 0 Å². The van der Waals surface area contributed by atoms with Crippen molar-refractivity contribution in [3.8, 4) is 0 Å². The van der Waals surface area contributed by atoms with E-state index >= 15 is 0 Å². The molecule has 0 aliphatic heterocycles. The van der Waals surface area contributed by atoms with E-state index in [4.69, 9.17) is 0 Å². The number of aliphatic hydroxyl groups excluding tert-OH is 1. The Morgan fingerprint density at radius 3 is 2.88 bits per heavy atom. The Morgan fingerprint density at radius 1 is 1.65 bits per heavy atom. The summed E-state index contributed by atoms with van der Waals surface area (Å²) in [5.74, 6) is -0.101. The summed E-state index contributed by atoms with van der Waals surface area (Å²) < 4.78 is 2.84. The van der Waals surface area contributed by atoms with E-state index in [1.807, 2.05) is 16.8 Å². The van der Waals surface area contributed by atoms with Crippen LogP contribution in [0.3, 0.4) is 0 Å². The lowest BCUT2D eigenvalue weighted by molar-refractivity contribution is 0.0897. The fourth-order valence-electron chi connectivity index (χ4n) is 1.87. The second-order valence-corrected chi connectivity index (χ2v) is 5.55. The summed E-state index contributed by atoms with van der Waals surface area (Å²) in [4.78, 5) is 12.1. The Morgan fingerprint density at radius 2 is 2.35 bits per heavy atom. The second-order valence-electron chi connectivity index (χ2n) is 4.63. The molecule has 0 unspecified atom stereocenters. The zero-order valence-electron chi connectivity index (χ0n) is 9.87. The van der Waals surface area contributed by atoms with Crippen molar-refractivity contribution in [3.63, 3.8) is 0 Å². The quantitative estimate of drug-likeness (QED) is 0.873. The molecule has 1 fully saturated rings. The first-order valence-electron chi connectivity index (χ1n) is 5.89. The van der Waals surface area contributed by atoms with Crippen LogP contribution in [0.4, 0.5) is 0 Å². The van der Waals surface area contributed by atoms with Crippen molar-refractivity contribution < 1.29 is 9.90 Å². The minimum Gasteiger partial charge on any atom is -0.394 e. The number of nitrogens with one attached hydrogen (secondary N) is 1. The number of aromatic nitrogens is 1. The Kier molecular flexibility index (Phi) is 3.58. The summed E-state index contributed by atoms with van der Waals surface area (Å²) in [5.41, 5.74) is 0.295. The van der Waals surface area contributed by atoms with Crippen LogP contribution in [0.1, 0.15) is 36.7 Å². The monoisotopic (exact) mass is 300 g/mol. The molecule has 0 spiro atoms. The van der Waals surface area contributed by atoms with Crippen molar-refractivity contribution in [3.05, 3.63) is 22.4 Å². The van der Waals surface area contributed by atoms with Crippen LogP contribution in [-0.2, 0) is 6.54 Å². The van der Waals surface area contributed by atoms with E-state index < -0.39 is 0 Å². The third kappa shape index (κ3) is 2.72. The van der Waals surface area contributed by atoms with Gasteiger partial charge in [-0.05, 0) is 41.3 Å². The van der Waals surface area contributed by atoms with Gasteiger partial charge in [-0.2, -0.15) is 0 Å². The number of aliphatic hydroxyl groups is 1. The van der Waals surface area contributed by atoms with Crippen molar-refractivity contribution in [2.24, 2.45) is 0 Å². The number of amides is 1. The molecule has 17 heavy (non-hydrogen) atoms. The van der Waals surface area contributed by atoms with Gasteiger partial charge in [-0.15, -0.1) is 0 Å². The molecule has 0 atom stereocenters. The van der Waals surface area contributed by atoms with Gasteiger partial charge in [0.15, 0.2) is 0 Å². The topological polar surface area (TPSA) is 54.3 Å². The molecule has 0 aromatic carbocycles. The highest BCUT2D eigenvalue weighted by Crippen LogP contribution is 2.35. The molecule has 1 amide bonds. The Labute approximate surface area is 109 Å². The van der Waals surface area contributed by atoms with Gasteiger partial charge in [0.05, 0.1) is 12.1 Å². The molecule has 4 nitrogen and oxygen atoms in total. The minimum atomic E-state index is -0.356. The van der Waals surface area contributed by atoms with Crippen LogP contribution in [-0.4, -0.2) is 27.7 Å². The summed E-state index contributed by atoms with van der Waals surface area (Å²) >= 11 is 3.38. The summed E-state index contributed by atoms with van der Waals surface area (Å²) in [6.45, 7) is 2.92. The fraction of sp³-hybridized carbons (Fsp3) is 0.583. The van der Waals surface area contributed by atoms with Crippen LogP contribution >= 0.6 is 15.9 Å². The number of hydrogen-bond acceptors (Lipinski definition) is 2. The summed E-state index contributed by atoms with van der Waals surface area (Å²) in [6, 6.07) is 1.82. The molecule has 94 valence electrons. The predicted octanol–water partition coefficient (Wildman–Crippen LogP) is 1.92. The van der Waals surface area contributed by atoms with Gasteiger partial charge in [-0.25, -0.2) is 0 Å². The first-order valence-corrected chi connectivity index (χ1v) is 6.68. The molecular formula is C12H17BrN2O2. The van der Waals surface area contributed by atoms with E-state index in [-0.39, 0.29) is 18.1 Å². The first-order chi connectivity index (χ1) is 8.10. The molecule has 1 aliphatic carbocycles. The van der Waals surface area contributed by atoms with Gasteiger partial charge >= 0.3 is 0 Å². The summed E-state index contributed by atoms with van der Waals surface area (Å²) in [6.07, 6.45) is 4.62. The molecular weight excluding hydrogens is 284 g/mol. The van der Waals surface area contributed by atoms with Crippen LogP contribution in [0.5, 0.6) is 0 Å². The van der Waals surface area contributed by atoms with Crippen molar-refractivity contribution in [2.45, 2.75) is 38.3 Å². The largest absolute Gasteiger partial charge is 0.394 e. The van der Waals surface area contributed by atoms with E-state index in [1.54, 1.807) is 0 Å². The third-order valence-corrected chi connectivity index (χ3v) is 3.53. The lowest BCUT2D eigenvalue weighted by Crippen LogP contribution is -2.40. The number of aryl methyl sites for hydroxylation is 1. The first kappa shape index (κ1) is 12.6. The van der Waals surface area contributed by atoms with Crippen molar-refractivity contribution >= 4 is 21.8 Å². The normalized spacial score (nSPS) is 16.9. The van der Waals surface area contributed by atoms with Crippen LogP contribution in [0, 0.1) is 0 Å². The smallest absolute Gasteiger partial charge is 0.268 e. The Hall–Kier alpha value is -0.810. The summed E-state index contributed by atoms with van der Waals surface area (Å²) in [5, 5.41) is 12.1. The molecule has 0 saturated heterocycles. The van der Waals surface area contributed by atoms with Crippen LogP contribution < -0.4 is 5.32 Å². The number of halogens is 1. The van der Waals surface area contributed by atoms with E-state index in [1.165, 1.54) is 0 Å². The van der Waals surface area contributed by atoms with Gasteiger partial charge in [-0.3, -0.25) is 4.79 Å². The van der Waals surface area contributed by atoms with Gasteiger partial charge in [0.25, 0.3) is 5.91 Å². The van der Waals surface area contributed by atoms with Gasteiger partial charge in [0, 0.05) is 17.2 Å². The highest BCUT2D eigenvalue weighted by molar-refractivity contribution is 9.10. The van der Waals surface area contributed by atoms with Gasteiger partial charge in [0.2, 0.25) is 0 Å². The fourth-order valence-corrected chi connectivity index (χ4v) is 2.33. The Bertz CT molecular complexity index is 424. The zero-order chi connectivity index (χ0) is 12.5. The number of carbonyl (C=O) groups is 1. The number of nitrogens with zero attached hydrogens (tertiary/aromatic N) is 1. The molecule has 1 aliphatic rings.